The number of nitrogens with one attached hydrogen (secondary N) is 1. The van der Waals surface area contributed by atoms with Crippen molar-refractivity contribution >= 4 is 39.1 Å². The van der Waals surface area contributed by atoms with Gasteiger partial charge in [-0.1, -0.05) is 18.5 Å². The van der Waals surface area contributed by atoms with Gasteiger partial charge in [-0.05, 0) is 12.5 Å². The van der Waals surface area contributed by atoms with Crippen LogP contribution in [0.5, 0.6) is 0 Å². The molecule has 0 fully saturated rings. The van der Waals surface area contributed by atoms with E-state index < -0.39 is 0 Å². The molecule has 2 rings (SSSR count). The number of aromatic nitrogens is 2. The number of methoxy groups -OCH3 is 1. The number of hydrogen-bond donors (Lipinski definition) is 1. The van der Waals surface area contributed by atoms with Gasteiger partial charge in [0.15, 0.2) is 0 Å². The van der Waals surface area contributed by atoms with Crippen LogP contribution in [0, 0.1) is 0 Å². The Balaban J connectivity index is 2.27. The van der Waals surface area contributed by atoms with E-state index in [9.17, 15) is 0 Å². The predicted molar refractivity (Wildman–Crippen MR) is 72.2 cm³/mol. The maximum atomic E-state index is 6.13. The smallest absolute Gasteiger partial charge is 0.225 e. The van der Waals surface area contributed by atoms with Crippen LogP contribution in [0.1, 0.15) is 11.8 Å². The summed E-state index contributed by atoms with van der Waals surface area (Å²) in [5.41, 5.74) is 0. The molecule has 4 nitrogen and oxygen atoms in total. The maximum Gasteiger partial charge on any atom is 0.225 e. The van der Waals surface area contributed by atoms with Gasteiger partial charge < -0.3 is 10.1 Å². The molecule has 92 valence electrons. The fourth-order valence-corrected chi connectivity index (χ4v) is 2.70. The first kappa shape index (κ1) is 12.5. The highest BCUT2D eigenvalue weighted by Crippen LogP contribution is 2.29. The molecule has 2 aromatic heterocycles. The van der Waals surface area contributed by atoms with Gasteiger partial charge in [-0.25, -0.2) is 9.97 Å². The Hall–Kier alpha value is -0.910. The quantitative estimate of drug-likeness (QED) is 0.671. The Morgan fingerprint density at radius 1 is 1.47 bits per heavy atom. The highest BCUT2D eigenvalue weighted by atomic mass is 35.5. The first-order valence-corrected chi connectivity index (χ1v) is 6.62. The van der Waals surface area contributed by atoms with Gasteiger partial charge >= 0.3 is 0 Å². The van der Waals surface area contributed by atoms with Gasteiger partial charge in [-0.15, -0.1) is 11.3 Å². The van der Waals surface area contributed by atoms with Gasteiger partial charge in [0.25, 0.3) is 0 Å². The van der Waals surface area contributed by atoms with Crippen molar-refractivity contribution in [3.05, 3.63) is 16.1 Å². The largest absolute Gasteiger partial charge is 0.383 e. The van der Waals surface area contributed by atoms with Crippen molar-refractivity contribution in [2.75, 3.05) is 25.6 Å². The monoisotopic (exact) mass is 271 g/mol. The molecule has 2 aromatic rings. The average molecular weight is 272 g/mol. The number of rotatable bonds is 5. The third kappa shape index (κ3) is 2.86. The van der Waals surface area contributed by atoms with Crippen LogP contribution in [-0.2, 0) is 11.2 Å². The number of thiophene rings is 1. The Labute approximate surface area is 109 Å². The number of aryl methyl sites for hydroxylation is 1. The molecule has 0 aromatic carbocycles. The topological polar surface area (TPSA) is 47.0 Å². The normalized spacial score (nSPS) is 11.0. The molecule has 1 N–H and O–H groups in total. The summed E-state index contributed by atoms with van der Waals surface area (Å²) in [6.07, 6.45) is 0.990. The number of fused-ring (bicyclic) bond motifs is 1. The van der Waals surface area contributed by atoms with Gasteiger partial charge in [-0.2, -0.15) is 0 Å². The minimum Gasteiger partial charge on any atom is -0.383 e. The van der Waals surface area contributed by atoms with Crippen LogP contribution in [0.25, 0.3) is 10.2 Å². The van der Waals surface area contributed by atoms with Crippen LogP contribution >= 0.6 is 22.9 Å². The van der Waals surface area contributed by atoms with Gasteiger partial charge in [0.05, 0.1) is 6.61 Å². The molecule has 6 heteroatoms. The molecule has 0 aliphatic rings. The Morgan fingerprint density at radius 3 is 3.00 bits per heavy atom. The van der Waals surface area contributed by atoms with Crippen LogP contribution in [0.3, 0.4) is 0 Å². The molecule has 17 heavy (non-hydrogen) atoms. The molecule has 0 saturated heterocycles. The van der Waals surface area contributed by atoms with Crippen LogP contribution < -0.4 is 5.32 Å². The number of nitrogens with zero attached hydrogens (tertiary/aromatic N) is 2. The molecular weight excluding hydrogens is 258 g/mol. The van der Waals surface area contributed by atoms with Gasteiger partial charge in [0, 0.05) is 23.9 Å². The predicted octanol–water partition coefficient (Wildman–Crippen LogP) is 2.97. The highest BCUT2D eigenvalue weighted by Gasteiger charge is 2.09. The summed E-state index contributed by atoms with van der Waals surface area (Å²) >= 11 is 7.79. The summed E-state index contributed by atoms with van der Waals surface area (Å²) in [5.74, 6) is 0.559. The van der Waals surface area contributed by atoms with Gasteiger partial charge in [0.2, 0.25) is 5.95 Å². The second-order valence-electron chi connectivity index (χ2n) is 3.54. The lowest BCUT2D eigenvalue weighted by molar-refractivity contribution is 0.210. The molecule has 0 atom stereocenters. The summed E-state index contributed by atoms with van der Waals surface area (Å²) in [5, 5.41) is 4.52. The molecule has 0 aliphatic heterocycles. The third-order valence-electron chi connectivity index (χ3n) is 2.34. The Kier molecular flexibility index (Phi) is 4.15. The molecule has 2 heterocycles. The number of hydrogen-bond acceptors (Lipinski definition) is 5. The lowest BCUT2D eigenvalue weighted by Crippen LogP contribution is -2.10. The van der Waals surface area contributed by atoms with E-state index in [1.165, 1.54) is 4.88 Å². The first-order valence-electron chi connectivity index (χ1n) is 5.43. The lowest BCUT2D eigenvalue weighted by Gasteiger charge is -2.04. The second-order valence-corrected chi connectivity index (χ2v) is 5.02. The standard InChI is InChI=1S/C11H14ClN3OS/c1-3-7-6-8-9(12)14-11(13-4-5-16-2)15-10(8)17-7/h6H,3-5H2,1-2H3,(H,13,14,15). The van der Waals surface area contributed by atoms with E-state index >= 15 is 0 Å². The molecule has 0 unspecified atom stereocenters. The van der Waals surface area contributed by atoms with Crippen LogP contribution in [-0.4, -0.2) is 30.2 Å². The molecule has 0 saturated carbocycles. The average Bonchev–Trinajstić information content (AvgIpc) is 2.73. The van der Waals surface area contributed by atoms with E-state index in [0.29, 0.717) is 24.3 Å². The second kappa shape index (κ2) is 5.62. The van der Waals surface area contributed by atoms with E-state index in [1.54, 1.807) is 18.4 Å². The van der Waals surface area contributed by atoms with Gasteiger partial charge in [-0.3, -0.25) is 0 Å². The van der Waals surface area contributed by atoms with Crippen molar-refractivity contribution in [2.45, 2.75) is 13.3 Å². The van der Waals surface area contributed by atoms with Crippen molar-refractivity contribution in [1.29, 1.82) is 0 Å². The van der Waals surface area contributed by atoms with E-state index in [0.717, 1.165) is 16.6 Å². The number of ether oxygens (including phenoxy) is 1. The SMILES string of the molecule is CCc1cc2c(Cl)nc(NCCOC)nc2s1. The summed E-state index contributed by atoms with van der Waals surface area (Å²) in [4.78, 5) is 10.8. The van der Waals surface area contributed by atoms with Crippen molar-refractivity contribution in [3.8, 4) is 0 Å². The van der Waals surface area contributed by atoms with Gasteiger partial charge in [0.1, 0.15) is 9.98 Å². The molecular formula is C11H14ClN3OS. The fourth-order valence-electron chi connectivity index (χ4n) is 1.45. The maximum absolute atomic E-state index is 6.13. The van der Waals surface area contributed by atoms with E-state index in [2.05, 4.69) is 28.3 Å². The Morgan fingerprint density at radius 2 is 2.29 bits per heavy atom. The Bertz CT molecular complexity index is 515. The van der Waals surface area contributed by atoms with Crippen molar-refractivity contribution in [2.24, 2.45) is 0 Å². The minimum atomic E-state index is 0.505. The van der Waals surface area contributed by atoms with E-state index in [4.69, 9.17) is 16.3 Å². The lowest BCUT2D eigenvalue weighted by atomic mass is 10.3. The number of anilines is 1. The molecule has 0 radical (unpaired) electrons. The molecule has 0 aliphatic carbocycles. The van der Waals surface area contributed by atoms with Crippen molar-refractivity contribution in [3.63, 3.8) is 0 Å². The fraction of sp³-hybridized carbons (Fsp3) is 0.455. The van der Waals surface area contributed by atoms with E-state index in [-0.39, 0.29) is 0 Å². The van der Waals surface area contributed by atoms with Crippen molar-refractivity contribution < 1.29 is 4.74 Å². The van der Waals surface area contributed by atoms with Crippen LogP contribution in [0.4, 0.5) is 5.95 Å². The van der Waals surface area contributed by atoms with Crippen LogP contribution in [0.15, 0.2) is 6.07 Å². The summed E-state index contributed by atoms with van der Waals surface area (Å²) < 4.78 is 4.95. The number of halogens is 1. The minimum absolute atomic E-state index is 0.505. The van der Waals surface area contributed by atoms with E-state index in [1.807, 2.05) is 0 Å². The summed E-state index contributed by atoms with van der Waals surface area (Å²) in [6, 6.07) is 2.06. The molecule has 0 bridgehead atoms. The zero-order chi connectivity index (χ0) is 12.3. The zero-order valence-corrected chi connectivity index (χ0v) is 11.4. The highest BCUT2D eigenvalue weighted by molar-refractivity contribution is 7.18. The molecule has 0 amide bonds. The first-order chi connectivity index (χ1) is 8.24. The van der Waals surface area contributed by atoms with Crippen LogP contribution in [0.2, 0.25) is 5.15 Å². The molecule has 0 spiro atoms. The van der Waals surface area contributed by atoms with Crippen molar-refractivity contribution in [1.82, 2.24) is 9.97 Å². The summed E-state index contributed by atoms with van der Waals surface area (Å²) in [6.45, 7) is 3.40. The third-order valence-corrected chi connectivity index (χ3v) is 3.80. The zero-order valence-electron chi connectivity index (χ0n) is 9.79. The summed E-state index contributed by atoms with van der Waals surface area (Å²) in [7, 11) is 1.66.